The summed E-state index contributed by atoms with van der Waals surface area (Å²) in [6.45, 7) is 6.69. The van der Waals surface area contributed by atoms with Gasteiger partial charge in [0.15, 0.2) is 5.57 Å². The highest BCUT2D eigenvalue weighted by Gasteiger charge is 2.41. The van der Waals surface area contributed by atoms with Gasteiger partial charge in [-0.05, 0) is 45.4 Å². The van der Waals surface area contributed by atoms with Gasteiger partial charge in [0.2, 0.25) is 5.88 Å². The molecule has 0 bridgehead atoms. The van der Waals surface area contributed by atoms with E-state index in [1.54, 1.807) is 52.1 Å². The van der Waals surface area contributed by atoms with Crippen molar-refractivity contribution in [2.45, 2.75) is 40.3 Å². The molecular formula is C18H23F3N2O2. The number of halogens is 3. The molecule has 0 fully saturated rings. The van der Waals surface area contributed by atoms with Gasteiger partial charge in [0, 0.05) is 6.20 Å². The lowest BCUT2D eigenvalue weighted by atomic mass is 10.1. The summed E-state index contributed by atoms with van der Waals surface area (Å²) in [5.41, 5.74) is -0.231. The summed E-state index contributed by atoms with van der Waals surface area (Å²) in [4.78, 5) is 8.15. The third-order valence-corrected chi connectivity index (χ3v) is 3.02. The lowest BCUT2D eigenvalue weighted by Gasteiger charge is -2.18. The Morgan fingerprint density at radius 2 is 1.84 bits per heavy atom. The van der Waals surface area contributed by atoms with Gasteiger partial charge in [0.25, 0.3) is 0 Å². The van der Waals surface area contributed by atoms with E-state index in [1.165, 1.54) is 6.08 Å². The lowest BCUT2D eigenvalue weighted by Crippen LogP contribution is -2.19. The van der Waals surface area contributed by atoms with E-state index in [1.807, 2.05) is 0 Å². The van der Waals surface area contributed by atoms with E-state index in [-0.39, 0.29) is 19.0 Å². The first-order valence-corrected chi connectivity index (χ1v) is 8.09. The fourth-order valence-corrected chi connectivity index (χ4v) is 2.02. The quantitative estimate of drug-likeness (QED) is 0.373. The van der Waals surface area contributed by atoms with Crippen LogP contribution in [-0.4, -0.2) is 30.1 Å². The summed E-state index contributed by atoms with van der Waals surface area (Å²) >= 11 is 0. The van der Waals surface area contributed by atoms with Crippen LogP contribution in [0, 0.1) is 0 Å². The third-order valence-electron chi connectivity index (χ3n) is 3.02. The predicted molar refractivity (Wildman–Crippen MR) is 91.2 cm³/mol. The predicted octanol–water partition coefficient (Wildman–Crippen LogP) is 5.03. The van der Waals surface area contributed by atoms with E-state index in [4.69, 9.17) is 9.47 Å². The van der Waals surface area contributed by atoms with Crippen LogP contribution in [0.3, 0.4) is 0 Å². The van der Waals surface area contributed by atoms with Crippen LogP contribution >= 0.6 is 0 Å². The molecule has 1 aromatic heterocycles. The lowest BCUT2D eigenvalue weighted by molar-refractivity contribution is -0.0976. The van der Waals surface area contributed by atoms with Crippen molar-refractivity contribution in [3.05, 3.63) is 53.4 Å². The standard InChI is InChI=1S/C18H23F3N2O2/c1-5-10-15(24-6-2)16(18(19,20)21)17(25-7-3)23-13(4)14-11-8-9-12-22-14/h8-12H,5-7H2,1-4H3/b15-10-,17-16-,23-13?. The average molecular weight is 356 g/mol. The summed E-state index contributed by atoms with van der Waals surface area (Å²) in [5.74, 6) is -0.801. The SMILES string of the molecule is CC/C=C(OCC)/C(=C(\N=C(C)c1ccccn1)OCC)C(F)(F)F. The summed E-state index contributed by atoms with van der Waals surface area (Å²) in [7, 11) is 0. The summed E-state index contributed by atoms with van der Waals surface area (Å²) in [5, 5.41) is 0. The van der Waals surface area contributed by atoms with Crippen molar-refractivity contribution >= 4 is 5.71 Å². The van der Waals surface area contributed by atoms with Gasteiger partial charge in [0.05, 0.1) is 24.6 Å². The highest BCUT2D eigenvalue weighted by Crippen LogP contribution is 2.35. The number of ether oxygens (including phenoxy) is 2. The first-order chi connectivity index (χ1) is 11.8. The first kappa shape index (κ1) is 20.7. The van der Waals surface area contributed by atoms with Crippen LogP contribution in [0.1, 0.15) is 39.8 Å². The molecule has 138 valence electrons. The largest absolute Gasteiger partial charge is 0.493 e. The average Bonchev–Trinajstić information content (AvgIpc) is 2.55. The van der Waals surface area contributed by atoms with Crippen LogP contribution in [0.2, 0.25) is 0 Å². The Hall–Kier alpha value is -2.31. The fourth-order valence-electron chi connectivity index (χ4n) is 2.02. The minimum absolute atomic E-state index is 0.0411. The van der Waals surface area contributed by atoms with Crippen LogP contribution in [0.5, 0.6) is 0 Å². The van der Waals surface area contributed by atoms with Crippen LogP contribution in [0.4, 0.5) is 13.2 Å². The van der Waals surface area contributed by atoms with E-state index >= 15 is 0 Å². The normalized spacial score (nSPS) is 14.2. The molecule has 1 heterocycles. The molecule has 1 rings (SSSR count). The van der Waals surface area contributed by atoms with Crippen molar-refractivity contribution in [3.63, 3.8) is 0 Å². The number of allylic oxidation sites excluding steroid dienone is 2. The molecule has 0 aliphatic carbocycles. The fraction of sp³-hybridized carbons (Fsp3) is 0.444. The highest BCUT2D eigenvalue weighted by molar-refractivity contribution is 5.97. The molecule has 0 aromatic carbocycles. The molecule has 0 spiro atoms. The Morgan fingerprint density at radius 3 is 2.32 bits per heavy atom. The molecule has 1 aromatic rings. The molecule has 0 aliphatic heterocycles. The molecule has 0 aliphatic rings. The van der Waals surface area contributed by atoms with Gasteiger partial charge in [-0.2, -0.15) is 13.2 Å². The summed E-state index contributed by atoms with van der Waals surface area (Å²) in [6.07, 6.45) is -1.37. The third kappa shape index (κ3) is 6.25. The van der Waals surface area contributed by atoms with E-state index in [0.717, 1.165) is 0 Å². The van der Waals surface area contributed by atoms with Crippen molar-refractivity contribution in [2.24, 2.45) is 4.99 Å². The Kier molecular flexibility index (Phi) is 8.18. The van der Waals surface area contributed by atoms with E-state index in [9.17, 15) is 13.2 Å². The van der Waals surface area contributed by atoms with Crippen LogP contribution in [-0.2, 0) is 9.47 Å². The maximum absolute atomic E-state index is 13.7. The monoisotopic (exact) mass is 356 g/mol. The highest BCUT2D eigenvalue weighted by atomic mass is 19.4. The summed E-state index contributed by atoms with van der Waals surface area (Å²) < 4.78 is 51.5. The molecule has 0 amide bonds. The zero-order valence-corrected chi connectivity index (χ0v) is 14.9. The van der Waals surface area contributed by atoms with Crippen molar-refractivity contribution in [2.75, 3.05) is 13.2 Å². The van der Waals surface area contributed by atoms with Gasteiger partial charge in [-0.1, -0.05) is 13.0 Å². The van der Waals surface area contributed by atoms with Gasteiger partial charge in [-0.15, -0.1) is 0 Å². The van der Waals surface area contributed by atoms with E-state index < -0.39 is 17.6 Å². The maximum atomic E-state index is 13.7. The number of pyridine rings is 1. The van der Waals surface area contributed by atoms with Crippen LogP contribution < -0.4 is 0 Å². The molecule has 0 N–H and O–H groups in total. The topological polar surface area (TPSA) is 43.7 Å². The van der Waals surface area contributed by atoms with Crippen LogP contribution in [0.25, 0.3) is 0 Å². The number of rotatable bonds is 8. The van der Waals surface area contributed by atoms with Gasteiger partial charge in [0.1, 0.15) is 5.76 Å². The molecule has 7 heteroatoms. The zero-order valence-electron chi connectivity index (χ0n) is 14.9. The molecular weight excluding hydrogens is 333 g/mol. The van der Waals surface area contributed by atoms with Gasteiger partial charge < -0.3 is 9.47 Å². The number of nitrogens with zero attached hydrogens (tertiary/aromatic N) is 2. The molecule has 0 saturated heterocycles. The Morgan fingerprint density at radius 1 is 1.16 bits per heavy atom. The molecule has 25 heavy (non-hydrogen) atoms. The van der Waals surface area contributed by atoms with Gasteiger partial charge >= 0.3 is 6.18 Å². The van der Waals surface area contributed by atoms with Crippen molar-refractivity contribution < 1.29 is 22.6 Å². The molecule has 0 saturated carbocycles. The Balaban J connectivity index is 3.55. The second kappa shape index (κ2) is 9.86. The van der Waals surface area contributed by atoms with Gasteiger partial charge in [-0.25, -0.2) is 4.99 Å². The Labute approximate surface area is 146 Å². The second-order valence-electron chi connectivity index (χ2n) is 4.93. The van der Waals surface area contributed by atoms with Crippen molar-refractivity contribution in [1.29, 1.82) is 0 Å². The number of aliphatic imine (C=N–C) groups is 1. The van der Waals surface area contributed by atoms with E-state index in [0.29, 0.717) is 17.8 Å². The molecule has 0 radical (unpaired) electrons. The smallest absolute Gasteiger partial charge is 0.425 e. The van der Waals surface area contributed by atoms with Crippen molar-refractivity contribution in [3.8, 4) is 0 Å². The number of hydrogen-bond donors (Lipinski definition) is 0. The number of alkyl halides is 3. The van der Waals surface area contributed by atoms with Gasteiger partial charge in [-0.3, -0.25) is 4.98 Å². The van der Waals surface area contributed by atoms with Crippen LogP contribution in [0.15, 0.2) is 52.7 Å². The zero-order chi connectivity index (χ0) is 18.9. The number of aromatic nitrogens is 1. The minimum Gasteiger partial charge on any atom is -0.493 e. The van der Waals surface area contributed by atoms with E-state index in [2.05, 4.69) is 9.98 Å². The summed E-state index contributed by atoms with van der Waals surface area (Å²) in [6, 6.07) is 5.12. The maximum Gasteiger partial charge on any atom is 0.425 e. The molecule has 4 nitrogen and oxygen atoms in total. The number of hydrogen-bond acceptors (Lipinski definition) is 4. The minimum atomic E-state index is -4.67. The van der Waals surface area contributed by atoms with Crippen molar-refractivity contribution in [1.82, 2.24) is 4.98 Å². The molecule has 0 unspecified atom stereocenters. The second-order valence-corrected chi connectivity index (χ2v) is 4.93. The molecule has 0 atom stereocenters. The first-order valence-electron chi connectivity index (χ1n) is 8.09. The Bertz CT molecular complexity index is 635.